The van der Waals surface area contributed by atoms with E-state index in [0.717, 1.165) is 6.42 Å². The van der Waals surface area contributed by atoms with Gasteiger partial charge in [0.05, 0.1) is 6.10 Å². The van der Waals surface area contributed by atoms with Crippen molar-refractivity contribution in [1.82, 2.24) is 0 Å². The van der Waals surface area contributed by atoms with Gasteiger partial charge in [0.25, 0.3) is 0 Å². The summed E-state index contributed by atoms with van der Waals surface area (Å²) in [6.45, 7) is 5.49. The molecule has 0 saturated carbocycles. The van der Waals surface area contributed by atoms with E-state index < -0.39 is 24.1 Å². The molecular weight excluding hydrogens is 208 g/mol. The molecule has 1 rings (SSSR count). The minimum Gasteiger partial charge on any atom is -0.390 e. The lowest BCUT2D eigenvalue weighted by atomic mass is 10.1. The van der Waals surface area contributed by atoms with E-state index in [2.05, 4.69) is 0 Å². The fourth-order valence-corrected chi connectivity index (χ4v) is 1.76. The van der Waals surface area contributed by atoms with E-state index >= 15 is 0 Å². The zero-order valence-electron chi connectivity index (χ0n) is 10.1. The Morgan fingerprint density at radius 2 is 2.06 bits per heavy atom. The molecule has 4 heteroatoms. The molecule has 0 radical (unpaired) electrons. The van der Waals surface area contributed by atoms with Gasteiger partial charge in [-0.25, -0.2) is 0 Å². The number of carbonyl (C=O) groups excluding carboxylic acids is 1. The van der Waals surface area contributed by atoms with Gasteiger partial charge in [-0.15, -0.1) is 0 Å². The van der Waals surface area contributed by atoms with E-state index in [1.165, 1.54) is 0 Å². The summed E-state index contributed by atoms with van der Waals surface area (Å²) in [5.74, 6) is -0.800. The van der Waals surface area contributed by atoms with Gasteiger partial charge in [0, 0.05) is 0 Å². The number of rotatable bonds is 5. The van der Waals surface area contributed by atoms with Crippen molar-refractivity contribution in [2.45, 2.75) is 57.7 Å². The maximum atomic E-state index is 10.8. The third-order valence-corrected chi connectivity index (χ3v) is 2.46. The summed E-state index contributed by atoms with van der Waals surface area (Å²) in [5.41, 5.74) is 0. The Kier molecular flexibility index (Phi) is 4.65. The molecule has 0 unspecified atom stereocenters. The van der Waals surface area contributed by atoms with E-state index in [1.54, 1.807) is 13.8 Å². The van der Waals surface area contributed by atoms with Gasteiger partial charge in [0.15, 0.2) is 12.1 Å². The van der Waals surface area contributed by atoms with Gasteiger partial charge < -0.3 is 19.4 Å². The van der Waals surface area contributed by atoms with Crippen LogP contribution in [0.4, 0.5) is 0 Å². The lowest BCUT2D eigenvalue weighted by Gasteiger charge is -2.19. The van der Waals surface area contributed by atoms with Crippen LogP contribution < -0.4 is 0 Å². The summed E-state index contributed by atoms with van der Waals surface area (Å²) in [6, 6.07) is 0. The molecule has 3 atom stereocenters. The summed E-state index contributed by atoms with van der Waals surface area (Å²) >= 11 is 0. The molecule has 1 heterocycles. The molecule has 1 fully saturated rings. The predicted molar refractivity (Wildman–Crippen MR) is 59.9 cm³/mol. The van der Waals surface area contributed by atoms with Crippen LogP contribution in [0.3, 0.4) is 0 Å². The van der Waals surface area contributed by atoms with Crippen LogP contribution in [-0.2, 0) is 14.3 Å². The van der Waals surface area contributed by atoms with E-state index in [9.17, 15) is 9.90 Å². The van der Waals surface area contributed by atoms with Gasteiger partial charge in [-0.1, -0.05) is 19.1 Å². The van der Waals surface area contributed by atoms with Gasteiger partial charge in [0.2, 0.25) is 0 Å². The second kappa shape index (κ2) is 5.57. The summed E-state index contributed by atoms with van der Waals surface area (Å²) in [7, 11) is 0. The molecule has 4 nitrogen and oxygen atoms in total. The highest BCUT2D eigenvalue weighted by Gasteiger charge is 2.44. The number of aliphatic hydroxyl groups is 1. The number of carbonyl (C=O) groups is 1. The number of aldehydes is 1. The number of hydrogen-bond acceptors (Lipinski definition) is 4. The minimum atomic E-state index is -0.800. The van der Waals surface area contributed by atoms with E-state index in [4.69, 9.17) is 9.47 Å². The highest BCUT2D eigenvalue weighted by atomic mass is 16.8. The van der Waals surface area contributed by atoms with Gasteiger partial charge in [-0.3, -0.25) is 0 Å². The van der Waals surface area contributed by atoms with Crippen LogP contribution in [0.15, 0.2) is 12.2 Å². The number of allylic oxidation sites excluding steroid dienone is 1. The summed E-state index contributed by atoms with van der Waals surface area (Å²) in [5, 5.41) is 9.89. The third-order valence-electron chi connectivity index (χ3n) is 2.46. The predicted octanol–water partition coefficient (Wildman–Crippen LogP) is 1.42. The Morgan fingerprint density at radius 1 is 1.38 bits per heavy atom. The van der Waals surface area contributed by atoms with Gasteiger partial charge in [-0.05, 0) is 26.7 Å². The molecule has 0 aliphatic carbocycles. The number of aliphatic hydroxyl groups excluding tert-OH is 1. The van der Waals surface area contributed by atoms with E-state index in [-0.39, 0.29) is 0 Å². The van der Waals surface area contributed by atoms with Crippen LogP contribution in [0.1, 0.15) is 33.6 Å². The maximum absolute atomic E-state index is 10.8. The molecule has 1 saturated heterocycles. The molecule has 92 valence electrons. The fraction of sp³-hybridized carbons (Fsp3) is 0.750. The van der Waals surface area contributed by atoms with Crippen LogP contribution in [-0.4, -0.2) is 35.5 Å². The highest BCUT2D eigenvalue weighted by Crippen LogP contribution is 2.29. The van der Waals surface area contributed by atoms with Crippen molar-refractivity contribution >= 4 is 6.29 Å². The first kappa shape index (κ1) is 13.4. The monoisotopic (exact) mass is 228 g/mol. The average molecular weight is 228 g/mol. The summed E-state index contributed by atoms with van der Waals surface area (Å²) in [6.07, 6.45) is 3.99. The number of hydrogen-bond donors (Lipinski definition) is 1. The second-order valence-electron chi connectivity index (χ2n) is 4.38. The molecule has 0 aromatic carbocycles. The Hall–Kier alpha value is -0.710. The first-order valence-corrected chi connectivity index (χ1v) is 5.64. The summed E-state index contributed by atoms with van der Waals surface area (Å²) < 4.78 is 10.9. The maximum Gasteiger partial charge on any atom is 0.164 e. The number of ether oxygens (including phenoxy) is 2. The SMILES string of the molecule is CC/C=C\C[C@H](O)[C@@H]1OC(C)(C)O[C@H]1C=O. The molecular formula is C12H20O4. The average Bonchev–Trinajstić information content (AvgIpc) is 2.54. The van der Waals surface area contributed by atoms with Gasteiger partial charge >= 0.3 is 0 Å². The Balaban J connectivity index is 2.57. The topological polar surface area (TPSA) is 55.8 Å². The van der Waals surface area contributed by atoms with Crippen LogP contribution >= 0.6 is 0 Å². The molecule has 1 N–H and O–H groups in total. The van der Waals surface area contributed by atoms with Crippen molar-refractivity contribution in [2.75, 3.05) is 0 Å². The van der Waals surface area contributed by atoms with Crippen LogP contribution in [0.5, 0.6) is 0 Å². The highest BCUT2D eigenvalue weighted by molar-refractivity contribution is 5.58. The van der Waals surface area contributed by atoms with E-state index in [0.29, 0.717) is 12.7 Å². The zero-order valence-corrected chi connectivity index (χ0v) is 10.1. The first-order chi connectivity index (χ1) is 7.50. The lowest BCUT2D eigenvalue weighted by molar-refractivity contribution is -0.156. The lowest BCUT2D eigenvalue weighted by Crippen LogP contribution is -2.35. The second-order valence-corrected chi connectivity index (χ2v) is 4.38. The van der Waals surface area contributed by atoms with Crippen LogP contribution in [0.2, 0.25) is 0 Å². The molecule has 0 spiro atoms. The Morgan fingerprint density at radius 3 is 2.62 bits per heavy atom. The minimum absolute atomic E-state index is 0.474. The summed E-state index contributed by atoms with van der Waals surface area (Å²) in [4.78, 5) is 10.8. The van der Waals surface area contributed by atoms with Crippen molar-refractivity contribution in [3.05, 3.63) is 12.2 Å². The van der Waals surface area contributed by atoms with Crippen molar-refractivity contribution in [3.63, 3.8) is 0 Å². The van der Waals surface area contributed by atoms with Crippen molar-refractivity contribution in [1.29, 1.82) is 0 Å². The molecule has 0 aromatic rings. The molecule has 0 bridgehead atoms. The van der Waals surface area contributed by atoms with E-state index in [1.807, 2.05) is 19.1 Å². The molecule has 1 aliphatic rings. The normalized spacial score (nSPS) is 30.8. The Bertz CT molecular complexity index is 260. The Labute approximate surface area is 96.2 Å². The third kappa shape index (κ3) is 3.40. The molecule has 0 amide bonds. The quantitative estimate of drug-likeness (QED) is 0.571. The largest absolute Gasteiger partial charge is 0.390 e. The molecule has 1 aliphatic heterocycles. The van der Waals surface area contributed by atoms with Crippen molar-refractivity contribution < 1.29 is 19.4 Å². The van der Waals surface area contributed by atoms with Crippen LogP contribution in [0, 0.1) is 0 Å². The standard InChI is InChI=1S/C12H20O4/c1-4-5-6-7-9(14)11-10(8-13)15-12(2,3)16-11/h5-6,8-11,14H,4,7H2,1-3H3/b6-5-/t9-,10-,11-/m0/s1. The van der Waals surface area contributed by atoms with Crippen molar-refractivity contribution in [2.24, 2.45) is 0 Å². The fourth-order valence-electron chi connectivity index (χ4n) is 1.76. The van der Waals surface area contributed by atoms with Gasteiger partial charge in [-0.2, -0.15) is 0 Å². The van der Waals surface area contributed by atoms with Gasteiger partial charge in [0.1, 0.15) is 12.2 Å². The van der Waals surface area contributed by atoms with Crippen molar-refractivity contribution in [3.8, 4) is 0 Å². The zero-order chi connectivity index (χ0) is 12.2. The first-order valence-electron chi connectivity index (χ1n) is 5.64. The smallest absolute Gasteiger partial charge is 0.164 e. The molecule has 0 aromatic heterocycles. The molecule has 16 heavy (non-hydrogen) atoms. The van der Waals surface area contributed by atoms with Crippen LogP contribution in [0.25, 0.3) is 0 Å².